The van der Waals surface area contributed by atoms with Crippen LogP contribution >= 0.6 is 11.3 Å². The van der Waals surface area contributed by atoms with Gasteiger partial charge in [0.05, 0.1) is 17.2 Å². The molecule has 0 radical (unpaired) electrons. The molecule has 1 rings (SSSR count). The van der Waals surface area contributed by atoms with Crippen LogP contribution in [0.3, 0.4) is 0 Å². The van der Waals surface area contributed by atoms with E-state index in [1.54, 1.807) is 0 Å². The molecule has 1 aromatic heterocycles. The molecule has 1 unspecified atom stereocenters. The zero-order valence-corrected chi connectivity index (χ0v) is 11.2. The summed E-state index contributed by atoms with van der Waals surface area (Å²) in [7, 11) is 0. The van der Waals surface area contributed by atoms with Crippen LogP contribution in [-0.4, -0.2) is 28.1 Å². The lowest BCUT2D eigenvalue weighted by Gasteiger charge is -2.13. The summed E-state index contributed by atoms with van der Waals surface area (Å²) in [5, 5.41) is 16.7. The van der Waals surface area contributed by atoms with E-state index in [-0.39, 0.29) is 0 Å². The maximum atomic E-state index is 11.5. The molecule has 0 saturated carbocycles. The molecule has 0 bridgehead atoms. The minimum Gasteiger partial charge on any atom is -0.480 e. The number of hydrogen-bond acceptors (Lipinski definition) is 4. The highest BCUT2D eigenvalue weighted by atomic mass is 32.1. The van der Waals surface area contributed by atoms with E-state index < -0.39 is 18.0 Å². The number of aryl methyl sites for hydroxylation is 1. The molecule has 1 atom stereocenters. The van der Waals surface area contributed by atoms with Gasteiger partial charge >= 0.3 is 12.0 Å². The number of aliphatic carboxylic acids is 1. The average molecular weight is 271 g/mol. The number of carbonyl (C=O) groups excluding carboxylic acids is 1. The van der Waals surface area contributed by atoms with Crippen LogP contribution in [-0.2, 0) is 11.3 Å². The monoisotopic (exact) mass is 271 g/mol. The number of carboxylic acids is 1. The molecule has 100 valence electrons. The molecule has 3 N–H and O–H groups in total. The first-order valence-electron chi connectivity index (χ1n) is 5.71. The molecule has 1 aromatic rings. The molecule has 0 saturated heterocycles. The first-order valence-corrected chi connectivity index (χ1v) is 6.59. The lowest BCUT2D eigenvalue weighted by atomic mass is 10.2. The molecule has 18 heavy (non-hydrogen) atoms. The Morgan fingerprint density at radius 2 is 2.28 bits per heavy atom. The molecule has 7 heteroatoms. The van der Waals surface area contributed by atoms with Crippen molar-refractivity contribution in [3.8, 4) is 0 Å². The second kappa shape index (κ2) is 6.95. The number of carboxylic acid groups (broad SMARTS) is 1. The van der Waals surface area contributed by atoms with Gasteiger partial charge in [-0.1, -0.05) is 13.3 Å². The van der Waals surface area contributed by atoms with Crippen LogP contribution in [0.25, 0.3) is 0 Å². The highest BCUT2D eigenvalue weighted by molar-refractivity contribution is 7.09. The van der Waals surface area contributed by atoms with Crippen LogP contribution in [0.1, 0.15) is 30.5 Å². The summed E-state index contributed by atoms with van der Waals surface area (Å²) in [4.78, 5) is 26.5. The fourth-order valence-electron chi connectivity index (χ4n) is 1.42. The van der Waals surface area contributed by atoms with E-state index in [0.29, 0.717) is 19.4 Å². The average Bonchev–Trinajstić information content (AvgIpc) is 2.72. The van der Waals surface area contributed by atoms with Gasteiger partial charge in [0.25, 0.3) is 0 Å². The molecule has 0 aliphatic rings. The van der Waals surface area contributed by atoms with Crippen molar-refractivity contribution in [2.75, 3.05) is 0 Å². The molecule has 2 amide bonds. The number of nitrogens with one attached hydrogen (secondary N) is 2. The summed E-state index contributed by atoms with van der Waals surface area (Å²) in [6, 6.07) is -1.33. The minimum atomic E-state index is -1.02. The van der Waals surface area contributed by atoms with Crippen molar-refractivity contribution in [2.45, 2.75) is 39.3 Å². The van der Waals surface area contributed by atoms with E-state index in [1.807, 2.05) is 19.2 Å². The van der Waals surface area contributed by atoms with Gasteiger partial charge in [0, 0.05) is 5.38 Å². The number of amides is 2. The third kappa shape index (κ3) is 4.70. The molecule has 0 spiro atoms. The van der Waals surface area contributed by atoms with Gasteiger partial charge in [0.15, 0.2) is 0 Å². The van der Waals surface area contributed by atoms with Gasteiger partial charge in [0.2, 0.25) is 0 Å². The van der Waals surface area contributed by atoms with Crippen LogP contribution in [0.4, 0.5) is 4.79 Å². The largest absolute Gasteiger partial charge is 0.480 e. The van der Waals surface area contributed by atoms with Crippen LogP contribution in [0.2, 0.25) is 0 Å². The van der Waals surface area contributed by atoms with Crippen molar-refractivity contribution in [3.05, 3.63) is 16.1 Å². The van der Waals surface area contributed by atoms with Crippen molar-refractivity contribution >= 4 is 23.3 Å². The van der Waals surface area contributed by atoms with Crippen LogP contribution in [0.5, 0.6) is 0 Å². The molecule has 0 fully saturated rings. The summed E-state index contributed by atoms with van der Waals surface area (Å²) in [6.07, 6.45) is 1.11. The third-order valence-electron chi connectivity index (χ3n) is 2.28. The molecular weight excluding hydrogens is 254 g/mol. The highest BCUT2D eigenvalue weighted by Gasteiger charge is 2.18. The van der Waals surface area contributed by atoms with Crippen molar-refractivity contribution in [3.63, 3.8) is 0 Å². The van der Waals surface area contributed by atoms with Crippen molar-refractivity contribution in [1.82, 2.24) is 15.6 Å². The highest BCUT2D eigenvalue weighted by Crippen LogP contribution is 2.07. The molecule has 6 nitrogen and oxygen atoms in total. The van der Waals surface area contributed by atoms with E-state index in [4.69, 9.17) is 5.11 Å². The summed E-state index contributed by atoms with van der Waals surface area (Å²) in [5.74, 6) is -1.02. The van der Waals surface area contributed by atoms with E-state index in [2.05, 4.69) is 15.6 Å². The summed E-state index contributed by atoms with van der Waals surface area (Å²) in [5.41, 5.74) is 0.773. The van der Waals surface area contributed by atoms with Gasteiger partial charge in [-0.25, -0.2) is 14.6 Å². The summed E-state index contributed by atoms with van der Waals surface area (Å²) >= 11 is 1.51. The SMILES string of the molecule is CCCC(NC(=O)NCc1csc(C)n1)C(=O)O. The first-order chi connectivity index (χ1) is 8.52. The normalized spacial score (nSPS) is 11.9. The van der Waals surface area contributed by atoms with Crippen molar-refractivity contribution in [2.24, 2.45) is 0 Å². The quantitative estimate of drug-likeness (QED) is 0.731. The van der Waals surface area contributed by atoms with Gasteiger partial charge < -0.3 is 15.7 Å². The Hall–Kier alpha value is -1.63. The Balaban J connectivity index is 2.38. The van der Waals surface area contributed by atoms with E-state index in [1.165, 1.54) is 11.3 Å². The fourth-order valence-corrected chi connectivity index (χ4v) is 2.03. The van der Waals surface area contributed by atoms with E-state index in [0.717, 1.165) is 10.7 Å². The topological polar surface area (TPSA) is 91.3 Å². The molecule has 0 aliphatic heterocycles. The summed E-state index contributed by atoms with van der Waals surface area (Å²) < 4.78 is 0. The Morgan fingerprint density at radius 1 is 1.56 bits per heavy atom. The summed E-state index contributed by atoms with van der Waals surface area (Å²) in [6.45, 7) is 4.05. The second-order valence-corrected chi connectivity index (χ2v) is 4.93. The minimum absolute atomic E-state index is 0.300. The molecule has 0 aromatic carbocycles. The maximum absolute atomic E-state index is 11.5. The van der Waals surface area contributed by atoms with Gasteiger partial charge in [-0.15, -0.1) is 11.3 Å². The number of nitrogens with zero attached hydrogens (tertiary/aromatic N) is 1. The van der Waals surface area contributed by atoms with Crippen LogP contribution in [0, 0.1) is 6.92 Å². The second-order valence-electron chi connectivity index (χ2n) is 3.86. The molecule has 0 aliphatic carbocycles. The van der Waals surface area contributed by atoms with Gasteiger partial charge in [0.1, 0.15) is 6.04 Å². The van der Waals surface area contributed by atoms with Gasteiger partial charge in [-0.3, -0.25) is 0 Å². The van der Waals surface area contributed by atoms with Crippen molar-refractivity contribution in [1.29, 1.82) is 0 Å². The predicted molar refractivity (Wildman–Crippen MR) is 68.6 cm³/mol. The number of rotatable bonds is 6. The standard InChI is InChI=1S/C11H17N3O3S/c1-3-4-9(10(15)16)14-11(17)12-5-8-6-18-7(2)13-8/h6,9H,3-5H2,1-2H3,(H,15,16)(H2,12,14,17). The number of carbonyl (C=O) groups is 2. The van der Waals surface area contributed by atoms with Crippen LogP contribution < -0.4 is 10.6 Å². The first kappa shape index (κ1) is 14.4. The number of urea groups is 1. The third-order valence-corrected chi connectivity index (χ3v) is 3.10. The Kier molecular flexibility index (Phi) is 5.57. The zero-order chi connectivity index (χ0) is 13.5. The zero-order valence-electron chi connectivity index (χ0n) is 10.4. The Morgan fingerprint density at radius 3 is 2.78 bits per heavy atom. The Labute approximate surface area is 109 Å². The lowest BCUT2D eigenvalue weighted by Crippen LogP contribution is -2.45. The number of hydrogen-bond donors (Lipinski definition) is 3. The lowest BCUT2D eigenvalue weighted by molar-refractivity contribution is -0.139. The molecule has 1 heterocycles. The van der Waals surface area contributed by atoms with Crippen LogP contribution in [0.15, 0.2) is 5.38 Å². The smallest absolute Gasteiger partial charge is 0.326 e. The van der Waals surface area contributed by atoms with E-state index in [9.17, 15) is 9.59 Å². The number of aromatic nitrogens is 1. The number of thiazole rings is 1. The van der Waals surface area contributed by atoms with Gasteiger partial charge in [-0.05, 0) is 13.3 Å². The maximum Gasteiger partial charge on any atom is 0.326 e. The Bertz CT molecular complexity index is 419. The fraction of sp³-hybridized carbons (Fsp3) is 0.545. The predicted octanol–water partition coefficient (Wildman–Crippen LogP) is 1.50. The molecular formula is C11H17N3O3S. The van der Waals surface area contributed by atoms with Gasteiger partial charge in [-0.2, -0.15) is 0 Å². The van der Waals surface area contributed by atoms with E-state index >= 15 is 0 Å². The van der Waals surface area contributed by atoms with Crippen molar-refractivity contribution < 1.29 is 14.7 Å².